The smallest absolute Gasteiger partial charge is 0.321 e. The van der Waals surface area contributed by atoms with Crippen LogP contribution >= 0.6 is 0 Å². The van der Waals surface area contributed by atoms with Crippen molar-refractivity contribution in [3.05, 3.63) is 11.6 Å². The lowest BCUT2D eigenvalue weighted by atomic mass is 9.49. The Morgan fingerprint density at radius 3 is 2.50 bits per heavy atom. The summed E-state index contributed by atoms with van der Waals surface area (Å²) in [5.74, 6) is -2.76. The van der Waals surface area contributed by atoms with Gasteiger partial charge in [0.25, 0.3) is 0 Å². The Morgan fingerprint density at radius 1 is 1.30 bits per heavy atom. The van der Waals surface area contributed by atoms with Crippen molar-refractivity contribution in [2.24, 2.45) is 23.2 Å². The van der Waals surface area contributed by atoms with Crippen LogP contribution in [0.15, 0.2) is 11.6 Å². The van der Waals surface area contributed by atoms with Gasteiger partial charge in [-0.1, -0.05) is 19.4 Å². The van der Waals surface area contributed by atoms with E-state index in [1.807, 2.05) is 26.8 Å². The highest BCUT2D eigenvalue weighted by molar-refractivity contribution is 5.99. The van der Waals surface area contributed by atoms with Gasteiger partial charge in [0.2, 0.25) is 0 Å². The molecule has 4 aliphatic rings. The summed E-state index contributed by atoms with van der Waals surface area (Å²) >= 11 is 0. The molecule has 20 heavy (non-hydrogen) atoms. The molecule has 4 atom stereocenters. The molecule has 0 aromatic heterocycles. The molecule has 0 unspecified atom stereocenters. The second kappa shape index (κ2) is 3.71. The molecule has 1 heterocycles. The van der Waals surface area contributed by atoms with Gasteiger partial charge in [-0.25, -0.2) is 0 Å². The maximum atomic E-state index is 12.1. The number of rotatable bonds is 1. The maximum absolute atomic E-state index is 12.1. The van der Waals surface area contributed by atoms with E-state index in [0.29, 0.717) is 6.42 Å². The summed E-state index contributed by atoms with van der Waals surface area (Å²) in [5.41, 5.74) is -0.267. The molecule has 0 aromatic carbocycles. The fraction of sp³-hybridized carbons (Fsp3) is 0.667. The van der Waals surface area contributed by atoms with Crippen molar-refractivity contribution in [3.8, 4) is 0 Å². The molecule has 1 saturated carbocycles. The Kier molecular flexibility index (Phi) is 2.48. The Hall–Kier alpha value is -1.65. The van der Waals surface area contributed by atoms with Crippen molar-refractivity contribution in [2.45, 2.75) is 39.7 Å². The van der Waals surface area contributed by atoms with Gasteiger partial charge in [-0.15, -0.1) is 0 Å². The average molecular weight is 278 g/mol. The van der Waals surface area contributed by atoms with E-state index in [9.17, 15) is 14.4 Å². The molecule has 0 spiro atoms. The molecular weight excluding hydrogens is 260 g/mol. The van der Waals surface area contributed by atoms with Crippen LogP contribution in [0.5, 0.6) is 0 Å². The van der Waals surface area contributed by atoms with Gasteiger partial charge in [-0.2, -0.15) is 0 Å². The van der Waals surface area contributed by atoms with Crippen LogP contribution in [0.3, 0.4) is 0 Å². The minimum absolute atomic E-state index is 0.0381. The van der Waals surface area contributed by atoms with E-state index < -0.39 is 35.3 Å². The van der Waals surface area contributed by atoms with Crippen LogP contribution in [0.1, 0.15) is 34.1 Å². The number of cyclic esters (lactones) is 2. The Labute approximate surface area is 117 Å². The second-order valence-electron chi connectivity index (χ2n) is 6.82. The number of carbonyl (C=O) groups is 3. The molecule has 4 rings (SSSR count). The van der Waals surface area contributed by atoms with E-state index in [1.54, 1.807) is 0 Å². The lowest BCUT2D eigenvalue weighted by molar-refractivity contribution is -0.180. The lowest BCUT2D eigenvalue weighted by Gasteiger charge is -2.56. The van der Waals surface area contributed by atoms with Crippen molar-refractivity contribution in [3.63, 3.8) is 0 Å². The van der Waals surface area contributed by atoms with E-state index in [1.165, 1.54) is 6.92 Å². The van der Waals surface area contributed by atoms with Gasteiger partial charge in [0.15, 0.2) is 0 Å². The zero-order valence-electron chi connectivity index (χ0n) is 12.1. The van der Waals surface area contributed by atoms with Crippen LogP contribution in [-0.4, -0.2) is 23.5 Å². The first kappa shape index (κ1) is 13.3. The molecule has 108 valence electrons. The monoisotopic (exact) mass is 278 g/mol. The predicted molar refractivity (Wildman–Crippen MR) is 68.2 cm³/mol. The van der Waals surface area contributed by atoms with Crippen LogP contribution in [0.2, 0.25) is 0 Å². The molecule has 2 fully saturated rings. The van der Waals surface area contributed by atoms with E-state index in [2.05, 4.69) is 0 Å². The van der Waals surface area contributed by atoms with Crippen molar-refractivity contribution >= 4 is 17.9 Å². The third-order valence-electron chi connectivity index (χ3n) is 4.84. The molecular formula is C15H18O5. The van der Waals surface area contributed by atoms with Crippen LogP contribution in [0.4, 0.5) is 0 Å². The molecule has 3 aliphatic carbocycles. The maximum Gasteiger partial charge on any atom is 0.321 e. The van der Waals surface area contributed by atoms with Gasteiger partial charge in [0.05, 0.1) is 5.92 Å². The number of esters is 3. The summed E-state index contributed by atoms with van der Waals surface area (Å²) < 4.78 is 10.4. The first-order chi connectivity index (χ1) is 9.18. The Morgan fingerprint density at radius 2 is 1.95 bits per heavy atom. The van der Waals surface area contributed by atoms with Crippen molar-refractivity contribution in [1.82, 2.24) is 0 Å². The number of hydrogen-bond acceptors (Lipinski definition) is 5. The van der Waals surface area contributed by atoms with Crippen LogP contribution in [-0.2, 0) is 23.9 Å². The summed E-state index contributed by atoms with van der Waals surface area (Å²) in [6.07, 6.45) is 2.39. The van der Waals surface area contributed by atoms with Crippen LogP contribution in [0.25, 0.3) is 0 Å². The number of fused-ring (bicyclic) bond motifs is 1. The van der Waals surface area contributed by atoms with E-state index in [-0.39, 0.29) is 11.3 Å². The largest absolute Gasteiger partial charge is 0.454 e. The number of allylic oxidation sites excluding steroid dienone is 1. The fourth-order valence-electron chi connectivity index (χ4n) is 4.68. The molecule has 0 aromatic rings. The Balaban J connectivity index is 2.19. The van der Waals surface area contributed by atoms with E-state index in [0.717, 1.165) is 5.57 Å². The van der Waals surface area contributed by atoms with Crippen LogP contribution < -0.4 is 0 Å². The third kappa shape index (κ3) is 1.52. The van der Waals surface area contributed by atoms with Crippen LogP contribution in [0, 0.1) is 23.2 Å². The first-order valence-electron chi connectivity index (χ1n) is 6.82. The minimum atomic E-state index is -1.04. The molecule has 2 bridgehead atoms. The molecule has 5 heteroatoms. The summed E-state index contributed by atoms with van der Waals surface area (Å²) in [5, 5.41) is 0. The summed E-state index contributed by atoms with van der Waals surface area (Å²) in [6, 6.07) is 0. The first-order valence-corrected chi connectivity index (χ1v) is 6.82. The number of hydrogen-bond donors (Lipinski definition) is 0. The van der Waals surface area contributed by atoms with Gasteiger partial charge in [0, 0.05) is 6.92 Å². The molecule has 5 nitrogen and oxygen atoms in total. The Bertz CT molecular complexity index is 559. The van der Waals surface area contributed by atoms with Gasteiger partial charge in [-0.05, 0) is 30.8 Å². The minimum Gasteiger partial charge on any atom is -0.454 e. The molecule has 1 aliphatic heterocycles. The van der Waals surface area contributed by atoms with Gasteiger partial charge in [0.1, 0.15) is 11.5 Å². The standard InChI is InChI=1S/C15H18O5/c1-7-5-15(20-8(2)16)6-14(3,4)10(7)9-11(15)13(18)19-12(9)17/h5,9-11H,6H2,1-4H3/t9-,10+,11-,15-/m1/s1. The predicted octanol–water partition coefficient (Wildman–Crippen LogP) is 1.61. The normalized spacial score (nSPS) is 41.0. The lowest BCUT2D eigenvalue weighted by Crippen LogP contribution is -2.61. The highest BCUT2D eigenvalue weighted by Gasteiger charge is 2.69. The fourth-order valence-corrected chi connectivity index (χ4v) is 4.68. The van der Waals surface area contributed by atoms with Gasteiger partial charge in [-0.3, -0.25) is 14.4 Å². The van der Waals surface area contributed by atoms with Crippen molar-refractivity contribution in [2.75, 3.05) is 0 Å². The summed E-state index contributed by atoms with van der Waals surface area (Å²) in [4.78, 5) is 35.6. The molecule has 1 saturated heterocycles. The average Bonchev–Trinajstić information content (AvgIpc) is 2.51. The van der Waals surface area contributed by atoms with E-state index in [4.69, 9.17) is 9.47 Å². The molecule has 0 amide bonds. The van der Waals surface area contributed by atoms with E-state index >= 15 is 0 Å². The topological polar surface area (TPSA) is 69.7 Å². The summed E-state index contributed by atoms with van der Waals surface area (Å²) in [6.45, 7) is 7.33. The SMILES string of the molecule is CC(=O)O[C@@]12C=C(C)[C@@H]([C@H]3C(=O)OC(=O)[C@@H]31)C(C)(C)C2. The van der Waals surface area contributed by atoms with Crippen molar-refractivity contribution in [1.29, 1.82) is 0 Å². The molecule has 0 N–H and O–H groups in total. The number of ether oxygens (including phenoxy) is 2. The molecule has 0 radical (unpaired) electrons. The van der Waals surface area contributed by atoms with Gasteiger partial charge >= 0.3 is 17.9 Å². The highest BCUT2D eigenvalue weighted by atomic mass is 16.6. The summed E-state index contributed by atoms with van der Waals surface area (Å²) in [7, 11) is 0. The quantitative estimate of drug-likeness (QED) is 0.414. The number of carbonyl (C=O) groups excluding carboxylic acids is 3. The highest BCUT2D eigenvalue weighted by Crippen LogP contribution is 2.62. The zero-order chi connectivity index (χ0) is 14.9. The van der Waals surface area contributed by atoms with Crippen molar-refractivity contribution < 1.29 is 23.9 Å². The second-order valence-corrected chi connectivity index (χ2v) is 6.82. The third-order valence-corrected chi connectivity index (χ3v) is 4.84. The zero-order valence-corrected chi connectivity index (χ0v) is 12.1. The van der Waals surface area contributed by atoms with Gasteiger partial charge < -0.3 is 9.47 Å².